The molecular formula is C14H32N2. The van der Waals surface area contributed by atoms with Gasteiger partial charge >= 0.3 is 0 Å². The number of nitrogens with one attached hydrogen (secondary N) is 1. The predicted molar refractivity (Wildman–Crippen MR) is 73.9 cm³/mol. The van der Waals surface area contributed by atoms with Crippen LogP contribution in [0.15, 0.2) is 0 Å². The van der Waals surface area contributed by atoms with E-state index < -0.39 is 0 Å². The summed E-state index contributed by atoms with van der Waals surface area (Å²) < 4.78 is 0. The summed E-state index contributed by atoms with van der Waals surface area (Å²) in [6, 6.07) is 0.649. The number of likely N-dealkylation sites (N-methyl/N-ethyl adjacent to an activating group) is 1. The number of nitrogens with zero attached hydrogens (tertiary/aromatic N) is 1. The fraction of sp³-hybridized carbons (Fsp3) is 1.00. The lowest BCUT2D eigenvalue weighted by atomic mass is 10.0. The largest absolute Gasteiger partial charge is 0.312 e. The molecule has 2 nitrogen and oxygen atoms in total. The number of hydrogen-bond donors (Lipinski definition) is 1. The Balaban J connectivity index is 3.99. The van der Waals surface area contributed by atoms with Gasteiger partial charge in [-0.05, 0) is 38.9 Å². The molecule has 0 rings (SSSR count). The Kier molecular flexibility index (Phi) is 8.96. The Bertz CT molecular complexity index is 141. The van der Waals surface area contributed by atoms with Crippen molar-refractivity contribution in [2.45, 2.75) is 53.0 Å². The minimum absolute atomic E-state index is 0.649. The molecule has 0 heterocycles. The highest BCUT2D eigenvalue weighted by Crippen LogP contribution is 2.09. The lowest BCUT2D eigenvalue weighted by molar-refractivity contribution is 0.290. The lowest BCUT2D eigenvalue weighted by Gasteiger charge is -2.26. The zero-order chi connectivity index (χ0) is 12.6. The second-order valence-electron chi connectivity index (χ2n) is 5.68. The fourth-order valence-corrected chi connectivity index (χ4v) is 2.14. The molecule has 0 saturated carbocycles. The molecule has 0 spiro atoms. The van der Waals surface area contributed by atoms with E-state index in [2.05, 4.69) is 52.0 Å². The Hall–Kier alpha value is -0.0800. The van der Waals surface area contributed by atoms with E-state index >= 15 is 0 Å². The van der Waals surface area contributed by atoms with Gasteiger partial charge in [0.1, 0.15) is 0 Å². The normalized spacial score (nSPS) is 14.1. The van der Waals surface area contributed by atoms with E-state index in [9.17, 15) is 0 Å². The summed E-state index contributed by atoms with van der Waals surface area (Å²) >= 11 is 0. The van der Waals surface area contributed by atoms with Gasteiger partial charge < -0.3 is 10.2 Å². The van der Waals surface area contributed by atoms with Crippen LogP contribution >= 0.6 is 0 Å². The smallest absolute Gasteiger partial charge is 0.0197 e. The molecule has 1 unspecified atom stereocenters. The first-order chi connectivity index (χ1) is 7.49. The van der Waals surface area contributed by atoms with Crippen molar-refractivity contribution in [2.75, 3.05) is 27.2 Å². The maximum atomic E-state index is 3.74. The van der Waals surface area contributed by atoms with E-state index in [0.717, 1.165) is 18.4 Å². The minimum Gasteiger partial charge on any atom is -0.312 e. The third-order valence-electron chi connectivity index (χ3n) is 3.19. The van der Waals surface area contributed by atoms with Gasteiger partial charge in [0.15, 0.2) is 0 Å². The van der Waals surface area contributed by atoms with Crippen molar-refractivity contribution in [1.29, 1.82) is 0 Å². The van der Waals surface area contributed by atoms with Crippen LogP contribution in [-0.4, -0.2) is 38.1 Å². The molecule has 0 saturated heterocycles. The maximum Gasteiger partial charge on any atom is 0.0197 e. The molecule has 0 aliphatic carbocycles. The number of rotatable bonds is 9. The van der Waals surface area contributed by atoms with E-state index in [-0.39, 0.29) is 0 Å². The van der Waals surface area contributed by atoms with Crippen LogP contribution in [0.25, 0.3) is 0 Å². The average molecular weight is 228 g/mol. The van der Waals surface area contributed by atoms with Gasteiger partial charge in [-0.25, -0.2) is 0 Å². The SMILES string of the molecule is CCC(CC)CNC(CC(C)C)CN(C)C. The van der Waals surface area contributed by atoms with Gasteiger partial charge in [0.05, 0.1) is 0 Å². The molecule has 0 aromatic rings. The third kappa shape index (κ3) is 8.12. The summed E-state index contributed by atoms with van der Waals surface area (Å²) in [4.78, 5) is 2.28. The van der Waals surface area contributed by atoms with Gasteiger partial charge in [-0.15, -0.1) is 0 Å². The second-order valence-corrected chi connectivity index (χ2v) is 5.68. The molecule has 0 amide bonds. The second kappa shape index (κ2) is 9.00. The Morgan fingerprint density at radius 2 is 1.62 bits per heavy atom. The topological polar surface area (TPSA) is 15.3 Å². The van der Waals surface area contributed by atoms with Crippen LogP contribution in [0, 0.1) is 11.8 Å². The summed E-state index contributed by atoms with van der Waals surface area (Å²) in [6.45, 7) is 11.5. The summed E-state index contributed by atoms with van der Waals surface area (Å²) in [5.74, 6) is 1.62. The van der Waals surface area contributed by atoms with Crippen molar-refractivity contribution < 1.29 is 0 Å². The average Bonchev–Trinajstić information content (AvgIpc) is 2.17. The van der Waals surface area contributed by atoms with E-state index in [1.807, 2.05) is 0 Å². The maximum absolute atomic E-state index is 3.74. The first-order valence-corrected chi connectivity index (χ1v) is 6.87. The molecule has 0 aliphatic rings. The van der Waals surface area contributed by atoms with Gasteiger partial charge in [0.25, 0.3) is 0 Å². The molecule has 16 heavy (non-hydrogen) atoms. The van der Waals surface area contributed by atoms with Crippen LogP contribution in [0.2, 0.25) is 0 Å². The highest BCUT2D eigenvalue weighted by Gasteiger charge is 2.13. The molecular weight excluding hydrogens is 196 g/mol. The monoisotopic (exact) mass is 228 g/mol. The molecule has 1 N–H and O–H groups in total. The van der Waals surface area contributed by atoms with Gasteiger partial charge in [-0.2, -0.15) is 0 Å². The molecule has 98 valence electrons. The van der Waals surface area contributed by atoms with E-state index in [4.69, 9.17) is 0 Å². The molecule has 0 aromatic carbocycles. The van der Waals surface area contributed by atoms with Crippen molar-refractivity contribution in [1.82, 2.24) is 10.2 Å². The van der Waals surface area contributed by atoms with E-state index in [0.29, 0.717) is 6.04 Å². The zero-order valence-electron chi connectivity index (χ0n) is 12.2. The zero-order valence-corrected chi connectivity index (χ0v) is 12.2. The van der Waals surface area contributed by atoms with Crippen molar-refractivity contribution in [3.05, 3.63) is 0 Å². The molecule has 2 heteroatoms. The van der Waals surface area contributed by atoms with E-state index in [1.54, 1.807) is 0 Å². The van der Waals surface area contributed by atoms with Gasteiger partial charge in [0.2, 0.25) is 0 Å². The van der Waals surface area contributed by atoms with Crippen molar-refractivity contribution >= 4 is 0 Å². The summed E-state index contributed by atoms with van der Waals surface area (Å²) in [5.41, 5.74) is 0. The van der Waals surface area contributed by atoms with Gasteiger partial charge in [-0.1, -0.05) is 40.5 Å². The standard InChI is InChI=1S/C14H32N2/c1-7-13(8-2)10-15-14(9-12(3)4)11-16(5)6/h12-15H,7-11H2,1-6H3. The van der Waals surface area contributed by atoms with Crippen LogP contribution in [0.4, 0.5) is 0 Å². The van der Waals surface area contributed by atoms with Crippen molar-refractivity contribution in [3.8, 4) is 0 Å². The van der Waals surface area contributed by atoms with Crippen LogP contribution in [0.3, 0.4) is 0 Å². The van der Waals surface area contributed by atoms with Crippen LogP contribution < -0.4 is 5.32 Å². The molecule has 0 fully saturated rings. The first-order valence-electron chi connectivity index (χ1n) is 6.87. The van der Waals surface area contributed by atoms with Crippen molar-refractivity contribution in [3.63, 3.8) is 0 Å². The molecule has 0 bridgehead atoms. The lowest BCUT2D eigenvalue weighted by Crippen LogP contribution is -2.41. The summed E-state index contributed by atoms with van der Waals surface area (Å²) in [6.07, 6.45) is 3.86. The van der Waals surface area contributed by atoms with Gasteiger partial charge in [-0.3, -0.25) is 0 Å². The molecule has 0 aliphatic heterocycles. The molecule has 1 atom stereocenters. The minimum atomic E-state index is 0.649. The highest BCUT2D eigenvalue weighted by atomic mass is 15.1. The molecule has 0 aromatic heterocycles. The quantitative estimate of drug-likeness (QED) is 0.652. The Morgan fingerprint density at radius 3 is 2.00 bits per heavy atom. The highest BCUT2D eigenvalue weighted by molar-refractivity contribution is 4.73. The summed E-state index contributed by atoms with van der Waals surface area (Å²) in [5, 5.41) is 3.74. The fourth-order valence-electron chi connectivity index (χ4n) is 2.14. The predicted octanol–water partition coefficient (Wildman–Crippen LogP) is 2.99. The van der Waals surface area contributed by atoms with Gasteiger partial charge in [0, 0.05) is 12.6 Å². The van der Waals surface area contributed by atoms with E-state index in [1.165, 1.54) is 25.8 Å². The van der Waals surface area contributed by atoms with Crippen LogP contribution in [-0.2, 0) is 0 Å². The number of hydrogen-bond acceptors (Lipinski definition) is 2. The molecule has 0 radical (unpaired) electrons. The van der Waals surface area contributed by atoms with Crippen molar-refractivity contribution in [2.24, 2.45) is 11.8 Å². The van der Waals surface area contributed by atoms with Crippen LogP contribution in [0.5, 0.6) is 0 Å². The Morgan fingerprint density at radius 1 is 1.06 bits per heavy atom. The third-order valence-corrected chi connectivity index (χ3v) is 3.19. The van der Waals surface area contributed by atoms with Crippen LogP contribution in [0.1, 0.15) is 47.0 Å². The first kappa shape index (κ1) is 15.9. The summed E-state index contributed by atoms with van der Waals surface area (Å²) in [7, 11) is 4.32. The Labute approximate surface area is 103 Å².